The Kier molecular flexibility index (Phi) is 1.65. The van der Waals surface area contributed by atoms with Crippen molar-refractivity contribution in [2.24, 2.45) is 0 Å². The molecule has 0 atom stereocenters. The van der Waals surface area contributed by atoms with Gasteiger partial charge in [0, 0.05) is 11.9 Å². The van der Waals surface area contributed by atoms with E-state index in [0.717, 1.165) is 11.3 Å². The van der Waals surface area contributed by atoms with Crippen LogP contribution in [0.2, 0.25) is 0 Å². The van der Waals surface area contributed by atoms with Crippen LogP contribution in [-0.4, -0.2) is 9.38 Å². The van der Waals surface area contributed by atoms with E-state index in [0.29, 0.717) is 0 Å². The second-order valence-corrected chi connectivity index (χ2v) is 3.68. The van der Waals surface area contributed by atoms with Crippen LogP contribution in [0.5, 0.6) is 0 Å². The molecule has 0 bridgehead atoms. The Bertz CT molecular complexity index is 466. The highest BCUT2D eigenvalue weighted by Gasteiger charge is 2.06. The Morgan fingerprint density at radius 2 is 1.85 bits per heavy atom. The van der Waals surface area contributed by atoms with Crippen molar-refractivity contribution < 1.29 is 0 Å². The van der Waals surface area contributed by atoms with Crippen molar-refractivity contribution in [3.8, 4) is 0 Å². The molecule has 2 nitrogen and oxygen atoms in total. The van der Waals surface area contributed by atoms with E-state index >= 15 is 0 Å². The van der Waals surface area contributed by atoms with Crippen LogP contribution in [0.1, 0.15) is 22.5 Å². The van der Waals surface area contributed by atoms with Crippen molar-refractivity contribution in [3.05, 3.63) is 34.8 Å². The second-order valence-electron chi connectivity index (χ2n) is 3.68. The molecule has 0 spiro atoms. The molecule has 13 heavy (non-hydrogen) atoms. The molecule has 0 N–H and O–H groups in total. The fraction of sp³-hybridized carbons (Fsp3) is 0.364. The Balaban J connectivity index is 2.94. The quantitative estimate of drug-likeness (QED) is 0.600. The number of fused-ring (bicyclic) bond motifs is 1. The van der Waals surface area contributed by atoms with Crippen molar-refractivity contribution in [1.82, 2.24) is 9.38 Å². The maximum Gasteiger partial charge on any atom is 0.140 e. The summed E-state index contributed by atoms with van der Waals surface area (Å²) in [5.41, 5.74) is 5.97. The fourth-order valence-corrected chi connectivity index (χ4v) is 1.71. The molecule has 0 aromatic carbocycles. The largest absolute Gasteiger partial charge is 0.304 e. The number of hydrogen-bond donors (Lipinski definition) is 0. The van der Waals surface area contributed by atoms with E-state index in [1.165, 1.54) is 16.8 Å². The van der Waals surface area contributed by atoms with E-state index in [1.54, 1.807) is 0 Å². The van der Waals surface area contributed by atoms with E-state index in [-0.39, 0.29) is 0 Å². The van der Waals surface area contributed by atoms with E-state index < -0.39 is 0 Å². The topological polar surface area (TPSA) is 17.3 Å². The lowest BCUT2D eigenvalue weighted by Crippen LogP contribution is -1.91. The molecule has 0 aliphatic rings. The number of nitrogens with zero attached hydrogens (tertiary/aromatic N) is 2. The van der Waals surface area contributed by atoms with E-state index in [2.05, 4.69) is 49.3 Å². The molecule has 0 radical (unpaired) electrons. The minimum atomic E-state index is 1.08. The first kappa shape index (κ1) is 8.30. The van der Waals surface area contributed by atoms with Crippen LogP contribution in [0, 0.1) is 27.7 Å². The average Bonchev–Trinajstić information content (AvgIpc) is 2.32. The summed E-state index contributed by atoms with van der Waals surface area (Å²) in [6, 6.07) is 2.17. The summed E-state index contributed by atoms with van der Waals surface area (Å²) in [6.45, 7) is 8.38. The number of hydrogen-bond acceptors (Lipinski definition) is 1. The smallest absolute Gasteiger partial charge is 0.140 e. The number of aryl methyl sites for hydroxylation is 4. The summed E-state index contributed by atoms with van der Waals surface area (Å²) in [5, 5.41) is 0. The molecule has 0 aliphatic heterocycles. The summed E-state index contributed by atoms with van der Waals surface area (Å²) in [7, 11) is 0. The average molecular weight is 174 g/mol. The highest BCUT2D eigenvalue weighted by atomic mass is 15.0. The van der Waals surface area contributed by atoms with E-state index in [4.69, 9.17) is 0 Å². The lowest BCUT2D eigenvalue weighted by molar-refractivity contribution is 1.07. The van der Waals surface area contributed by atoms with Gasteiger partial charge in [0.25, 0.3) is 0 Å². The number of imidazole rings is 1. The maximum absolute atomic E-state index is 4.52. The van der Waals surface area contributed by atoms with Crippen molar-refractivity contribution in [2.45, 2.75) is 27.7 Å². The standard InChI is InChI=1S/C11H14N2/c1-7-5-8(2)11-12-9(3)10(4)13(11)6-7/h5-6H,1-4H3. The molecule has 2 rings (SSSR count). The van der Waals surface area contributed by atoms with Crippen molar-refractivity contribution in [2.75, 3.05) is 0 Å². The van der Waals surface area contributed by atoms with Crippen LogP contribution in [0.15, 0.2) is 12.3 Å². The van der Waals surface area contributed by atoms with Crippen molar-refractivity contribution in [3.63, 3.8) is 0 Å². The third-order valence-electron chi connectivity index (χ3n) is 2.52. The molecule has 2 heteroatoms. The number of pyridine rings is 1. The summed E-state index contributed by atoms with van der Waals surface area (Å²) in [5.74, 6) is 0. The minimum Gasteiger partial charge on any atom is -0.304 e. The first-order valence-corrected chi connectivity index (χ1v) is 4.52. The molecular formula is C11H14N2. The zero-order chi connectivity index (χ0) is 9.59. The summed E-state index contributed by atoms with van der Waals surface area (Å²) in [6.07, 6.45) is 2.14. The molecule has 2 aromatic heterocycles. The SMILES string of the molecule is Cc1cc(C)c2nc(C)c(C)n2c1. The first-order chi connectivity index (χ1) is 6.09. The van der Waals surface area contributed by atoms with Gasteiger partial charge in [-0.3, -0.25) is 0 Å². The molecule has 0 aliphatic carbocycles. The van der Waals surface area contributed by atoms with Crippen molar-refractivity contribution in [1.29, 1.82) is 0 Å². The molecule has 2 aromatic rings. The normalized spacial score (nSPS) is 11.1. The minimum absolute atomic E-state index is 1.08. The van der Waals surface area contributed by atoms with Gasteiger partial charge in [0.15, 0.2) is 0 Å². The van der Waals surface area contributed by atoms with Crippen LogP contribution < -0.4 is 0 Å². The van der Waals surface area contributed by atoms with Gasteiger partial charge in [-0.1, -0.05) is 6.07 Å². The molecule has 0 unspecified atom stereocenters. The van der Waals surface area contributed by atoms with Crippen LogP contribution in [0.4, 0.5) is 0 Å². The van der Waals surface area contributed by atoms with Gasteiger partial charge in [0.05, 0.1) is 5.69 Å². The molecule has 0 saturated heterocycles. The van der Waals surface area contributed by atoms with Gasteiger partial charge in [-0.2, -0.15) is 0 Å². The Hall–Kier alpha value is -1.31. The summed E-state index contributed by atoms with van der Waals surface area (Å²) >= 11 is 0. The van der Waals surface area contributed by atoms with Crippen LogP contribution in [0.25, 0.3) is 5.65 Å². The molecule has 0 saturated carbocycles. The predicted molar refractivity (Wildman–Crippen MR) is 54.1 cm³/mol. The van der Waals surface area contributed by atoms with E-state index in [9.17, 15) is 0 Å². The van der Waals surface area contributed by atoms with Gasteiger partial charge in [0.2, 0.25) is 0 Å². The molecule has 2 heterocycles. The van der Waals surface area contributed by atoms with Gasteiger partial charge < -0.3 is 4.40 Å². The second kappa shape index (κ2) is 2.59. The van der Waals surface area contributed by atoms with Crippen molar-refractivity contribution >= 4 is 5.65 Å². The van der Waals surface area contributed by atoms with E-state index in [1.807, 2.05) is 0 Å². The zero-order valence-corrected chi connectivity index (χ0v) is 8.55. The van der Waals surface area contributed by atoms with Crippen LogP contribution in [-0.2, 0) is 0 Å². The van der Waals surface area contributed by atoms with Crippen LogP contribution >= 0.6 is 0 Å². The Labute approximate surface area is 78.2 Å². The predicted octanol–water partition coefficient (Wildman–Crippen LogP) is 2.57. The monoisotopic (exact) mass is 174 g/mol. The van der Waals surface area contributed by atoms with Gasteiger partial charge >= 0.3 is 0 Å². The number of rotatable bonds is 0. The number of aromatic nitrogens is 2. The lowest BCUT2D eigenvalue weighted by Gasteiger charge is -2.01. The Morgan fingerprint density at radius 3 is 2.54 bits per heavy atom. The first-order valence-electron chi connectivity index (χ1n) is 4.52. The summed E-state index contributed by atoms with van der Waals surface area (Å²) < 4.78 is 2.17. The maximum atomic E-state index is 4.52. The zero-order valence-electron chi connectivity index (χ0n) is 8.55. The molecule has 68 valence electrons. The van der Waals surface area contributed by atoms with Gasteiger partial charge in [-0.15, -0.1) is 0 Å². The highest BCUT2D eigenvalue weighted by Crippen LogP contribution is 2.15. The third kappa shape index (κ3) is 1.13. The fourth-order valence-electron chi connectivity index (χ4n) is 1.71. The summed E-state index contributed by atoms with van der Waals surface area (Å²) in [4.78, 5) is 4.52. The molecule has 0 fully saturated rings. The molecule has 0 amide bonds. The van der Waals surface area contributed by atoms with Gasteiger partial charge in [-0.05, 0) is 38.8 Å². The Morgan fingerprint density at radius 1 is 1.15 bits per heavy atom. The third-order valence-corrected chi connectivity index (χ3v) is 2.52. The highest BCUT2D eigenvalue weighted by molar-refractivity contribution is 5.51. The lowest BCUT2D eigenvalue weighted by atomic mass is 10.2. The van der Waals surface area contributed by atoms with Crippen LogP contribution in [0.3, 0.4) is 0 Å². The van der Waals surface area contributed by atoms with Gasteiger partial charge in [-0.25, -0.2) is 4.98 Å². The van der Waals surface area contributed by atoms with Gasteiger partial charge in [0.1, 0.15) is 5.65 Å². The molecular weight excluding hydrogens is 160 g/mol.